The Morgan fingerprint density at radius 2 is 1.73 bits per heavy atom. The topological polar surface area (TPSA) is 98.1 Å². The molecule has 0 bridgehead atoms. The molecule has 1 saturated heterocycles. The van der Waals surface area contributed by atoms with Crippen LogP contribution in [-0.2, 0) is 9.59 Å². The molecule has 1 fully saturated rings. The van der Waals surface area contributed by atoms with E-state index < -0.39 is 5.92 Å². The highest BCUT2D eigenvalue weighted by atomic mass is 32.1. The molecule has 0 radical (unpaired) electrons. The van der Waals surface area contributed by atoms with Gasteiger partial charge in [0.05, 0.1) is 25.8 Å². The summed E-state index contributed by atoms with van der Waals surface area (Å²) in [5, 5.41) is 9.20. The van der Waals surface area contributed by atoms with E-state index in [9.17, 15) is 9.59 Å². The number of hydrogen-bond acceptors (Lipinski definition) is 7. The Labute approximate surface area is 193 Å². The van der Waals surface area contributed by atoms with Gasteiger partial charge in [0.1, 0.15) is 11.5 Å². The van der Waals surface area contributed by atoms with Gasteiger partial charge in [-0.3, -0.25) is 14.9 Å². The van der Waals surface area contributed by atoms with Gasteiger partial charge < -0.3 is 14.4 Å². The standard InChI is InChI=1S/C23H21N5O4S/c1-31-17-7-3-14(4-8-17)19-13-33-23-25-22(26-28(19)23)24-21(30)15-11-20(29)27(12-15)16-5-9-18(32-2)10-6-16/h3-10,13,15H,11-12H2,1-2H3,(H,24,26,30). The number of rotatable bonds is 6. The predicted molar refractivity (Wildman–Crippen MR) is 125 cm³/mol. The first kappa shape index (κ1) is 21.0. The van der Waals surface area contributed by atoms with Gasteiger partial charge in [-0.25, -0.2) is 4.52 Å². The lowest BCUT2D eigenvalue weighted by molar-refractivity contribution is -0.122. The number of nitrogens with zero attached hydrogens (tertiary/aromatic N) is 4. The second-order valence-corrected chi connectivity index (χ2v) is 8.41. The number of nitrogens with one attached hydrogen (secondary N) is 1. The van der Waals surface area contributed by atoms with Gasteiger partial charge in [0.2, 0.25) is 22.7 Å². The minimum absolute atomic E-state index is 0.0964. The first-order valence-corrected chi connectivity index (χ1v) is 11.2. The van der Waals surface area contributed by atoms with Crippen molar-refractivity contribution in [3.05, 3.63) is 53.9 Å². The summed E-state index contributed by atoms with van der Waals surface area (Å²) in [6.07, 6.45) is 0.136. The van der Waals surface area contributed by atoms with Gasteiger partial charge in [0, 0.05) is 29.6 Å². The van der Waals surface area contributed by atoms with Crippen LogP contribution in [0.4, 0.5) is 11.6 Å². The second kappa shape index (κ2) is 8.55. The Morgan fingerprint density at radius 1 is 1.06 bits per heavy atom. The molecule has 2 amide bonds. The van der Waals surface area contributed by atoms with E-state index >= 15 is 0 Å². The van der Waals surface area contributed by atoms with Crippen LogP contribution in [0.15, 0.2) is 53.9 Å². The Hall–Kier alpha value is -3.92. The zero-order valence-corrected chi connectivity index (χ0v) is 18.8. The fourth-order valence-electron chi connectivity index (χ4n) is 3.80. The van der Waals surface area contributed by atoms with Gasteiger partial charge in [0.25, 0.3) is 0 Å². The van der Waals surface area contributed by atoms with Crippen LogP contribution in [0, 0.1) is 5.92 Å². The number of anilines is 2. The van der Waals surface area contributed by atoms with Crippen LogP contribution in [0.2, 0.25) is 0 Å². The molecule has 168 valence electrons. The molecular formula is C23H21N5O4S. The lowest BCUT2D eigenvalue weighted by Crippen LogP contribution is -2.28. The average molecular weight is 464 g/mol. The van der Waals surface area contributed by atoms with Crippen molar-refractivity contribution in [3.63, 3.8) is 0 Å². The molecule has 1 aliphatic rings. The average Bonchev–Trinajstić information content (AvgIpc) is 3.53. The second-order valence-electron chi connectivity index (χ2n) is 7.57. The molecule has 5 rings (SSSR count). The van der Waals surface area contributed by atoms with Gasteiger partial charge in [-0.05, 0) is 48.5 Å². The van der Waals surface area contributed by atoms with Gasteiger partial charge >= 0.3 is 0 Å². The summed E-state index contributed by atoms with van der Waals surface area (Å²) >= 11 is 1.43. The molecule has 0 aliphatic carbocycles. The SMILES string of the molecule is COc1ccc(-c2csc3nc(NC(=O)C4CC(=O)N(c5ccc(OC)cc5)C4)nn23)cc1. The molecule has 1 unspecified atom stereocenters. The first-order valence-electron chi connectivity index (χ1n) is 10.3. The van der Waals surface area contributed by atoms with Crippen LogP contribution in [0.5, 0.6) is 11.5 Å². The molecule has 9 nitrogen and oxygen atoms in total. The van der Waals surface area contributed by atoms with E-state index in [1.165, 1.54) is 11.3 Å². The largest absolute Gasteiger partial charge is 0.497 e. The maximum absolute atomic E-state index is 12.9. The normalized spacial score (nSPS) is 15.8. The Balaban J connectivity index is 1.30. The number of amides is 2. The van der Waals surface area contributed by atoms with Crippen molar-refractivity contribution in [2.45, 2.75) is 6.42 Å². The summed E-state index contributed by atoms with van der Waals surface area (Å²) in [4.78, 5) is 32.1. The van der Waals surface area contributed by atoms with Gasteiger partial charge in [0.15, 0.2) is 0 Å². The van der Waals surface area contributed by atoms with Crippen molar-refractivity contribution < 1.29 is 19.1 Å². The molecule has 33 heavy (non-hydrogen) atoms. The van der Waals surface area contributed by atoms with E-state index in [2.05, 4.69) is 15.4 Å². The molecule has 1 aliphatic heterocycles. The van der Waals surface area contributed by atoms with Crippen LogP contribution < -0.4 is 19.7 Å². The van der Waals surface area contributed by atoms with Crippen LogP contribution in [-0.4, -0.2) is 47.2 Å². The molecule has 2 aromatic carbocycles. The van der Waals surface area contributed by atoms with Crippen molar-refractivity contribution in [3.8, 4) is 22.8 Å². The zero-order chi connectivity index (χ0) is 22.9. The zero-order valence-electron chi connectivity index (χ0n) is 18.0. The van der Waals surface area contributed by atoms with E-state index in [0.29, 0.717) is 17.3 Å². The first-order chi connectivity index (χ1) is 16.1. The van der Waals surface area contributed by atoms with Gasteiger partial charge in [-0.2, -0.15) is 4.98 Å². The molecule has 4 aromatic rings. The summed E-state index contributed by atoms with van der Waals surface area (Å²) in [6, 6.07) is 14.8. The lowest BCUT2D eigenvalue weighted by Gasteiger charge is -2.16. The number of carbonyl (C=O) groups excluding carboxylic acids is 2. The van der Waals surface area contributed by atoms with Crippen molar-refractivity contribution in [1.82, 2.24) is 14.6 Å². The highest BCUT2D eigenvalue weighted by molar-refractivity contribution is 7.15. The monoisotopic (exact) mass is 463 g/mol. The molecule has 3 heterocycles. The molecule has 1 atom stereocenters. The van der Waals surface area contributed by atoms with Crippen molar-refractivity contribution in [1.29, 1.82) is 0 Å². The predicted octanol–water partition coefficient (Wildman–Crippen LogP) is 3.47. The minimum Gasteiger partial charge on any atom is -0.497 e. The smallest absolute Gasteiger partial charge is 0.250 e. The number of hydrogen-bond donors (Lipinski definition) is 1. The fourth-order valence-corrected chi connectivity index (χ4v) is 4.63. The highest BCUT2D eigenvalue weighted by Gasteiger charge is 2.35. The molecule has 10 heteroatoms. The minimum atomic E-state index is -0.484. The van der Waals surface area contributed by atoms with E-state index in [1.54, 1.807) is 35.8 Å². The molecule has 1 N–H and O–H groups in total. The third-order valence-electron chi connectivity index (χ3n) is 5.58. The van der Waals surface area contributed by atoms with E-state index in [4.69, 9.17) is 9.47 Å². The Kier molecular flexibility index (Phi) is 5.43. The van der Waals surface area contributed by atoms with Crippen molar-refractivity contribution in [2.75, 3.05) is 31.0 Å². The summed E-state index contributed by atoms with van der Waals surface area (Å²) in [7, 11) is 3.21. The Morgan fingerprint density at radius 3 is 2.39 bits per heavy atom. The van der Waals surface area contributed by atoms with Crippen molar-refractivity contribution in [2.24, 2.45) is 5.92 Å². The maximum Gasteiger partial charge on any atom is 0.250 e. The number of fused-ring (bicyclic) bond motifs is 1. The third-order valence-corrected chi connectivity index (χ3v) is 6.40. The third kappa shape index (κ3) is 4.00. The number of ether oxygens (including phenoxy) is 2. The summed E-state index contributed by atoms with van der Waals surface area (Å²) in [6.45, 7) is 0.302. The lowest BCUT2D eigenvalue weighted by atomic mass is 10.1. The van der Waals surface area contributed by atoms with E-state index in [-0.39, 0.29) is 24.2 Å². The molecule has 2 aromatic heterocycles. The van der Waals surface area contributed by atoms with Gasteiger partial charge in [-0.1, -0.05) is 0 Å². The molecule has 0 spiro atoms. The number of aromatic nitrogens is 3. The van der Waals surface area contributed by atoms with Gasteiger partial charge in [-0.15, -0.1) is 16.4 Å². The summed E-state index contributed by atoms with van der Waals surface area (Å²) in [5.74, 6) is 0.842. The van der Waals surface area contributed by atoms with Crippen LogP contribution >= 0.6 is 11.3 Å². The number of carbonyl (C=O) groups is 2. The molecular weight excluding hydrogens is 442 g/mol. The number of benzene rings is 2. The van der Waals surface area contributed by atoms with E-state index in [1.807, 2.05) is 41.8 Å². The quantitative estimate of drug-likeness (QED) is 0.470. The maximum atomic E-state index is 12.9. The Bertz CT molecular complexity index is 1310. The molecule has 0 saturated carbocycles. The number of thiazole rings is 1. The van der Waals surface area contributed by atoms with Crippen LogP contribution in [0.3, 0.4) is 0 Å². The van der Waals surface area contributed by atoms with Crippen LogP contribution in [0.25, 0.3) is 16.2 Å². The van der Waals surface area contributed by atoms with E-state index in [0.717, 1.165) is 22.7 Å². The number of methoxy groups -OCH3 is 2. The summed E-state index contributed by atoms with van der Waals surface area (Å²) < 4.78 is 12.1. The van der Waals surface area contributed by atoms with Crippen LogP contribution in [0.1, 0.15) is 6.42 Å². The fraction of sp³-hybridized carbons (Fsp3) is 0.217. The highest BCUT2D eigenvalue weighted by Crippen LogP contribution is 2.29. The summed E-state index contributed by atoms with van der Waals surface area (Å²) in [5.41, 5.74) is 2.56. The van der Waals surface area contributed by atoms with Crippen molar-refractivity contribution >= 4 is 39.7 Å².